The molecule has 0 atom stereocenters. The number of rotatable bonds is 4. The average Bonchev–Trinajstić information content (AvgIpc) is 2.16. The van der Waals surface area contributed by atoms with E-state index in [1.165, 1.54) is 32.1 Å². The van der Waals surface area contributed by atoms with E-state index in [1.807, 2.05) is 0 Å². The third kappa shape index (κ3) is 3.47. The molecule has 1 saturated carbocycles. The van der Waals surface area contributed by atoms with Crippen LogP contribution in [0.25, 0.3) is 0 Å². The summed E-state index contributed by atoms with van der Waals surface area (Å²) < 4.78 is 0. The van der Waals surface area contributed by atoms with Gasteiger partial charge in [-0.2, -0.15) is 0 Å². The third-order valence-corrected chi connectivity index (χ3v) is 3.65. The van der Waals surface area contributed by atoms with Gasteiger partial charge < -0.3 is 5.32 Å². The molecule has 0 aromatic heterocycles. The van der Waals surface area contributed by atoms with E-state index >= 15 is 0 Å². The molecule has 0 spiro atoms. The highest BCUT2D eigenvalue weighted by Gasteiger charge is 2.30. The lowest BCUT2D eigenvalue weighted by Crippen LogP contribution is -2.40. The Balaban J connectivity index is 2.38. The molecule has 1 fully saturated rings. The molecule has 13 heavy (non-hydrogen) atoms. The van der Waals surface area contributed by atoms with Gasteiger partial charge in [-0.3, -0.25) is 0 Å². The Morgan fingerprint density at radius 3 is 2.31 bits per heavy atom. The summed E-state index contributed by atoms with van der Waals surface area (Å²) in [5.41, 5.74) is 0.407. The van der Waals surface area contributed by atoms with Crippen molar-refractivity contribution in [2.24, 2.45) is 5.41 Å². The Kier molecular flexibility index (Phi) is 4.54. The molecule has 1 N–H and O–H groups in total. The van der Waals surface area contributed by atoms with Crippen LogP contribution in [0.2, 0.25) is 0 Å². The average molecular weight is 204 g/mol. The van der Waals surface area contributed by atoms with Crippen molar-refractivity contribution in [2.75, 3.05) is 12.4 Å². The smallest absolute Gasteiger partial charge is 0.0292 e. The standard InChI is InChI=1S/C11H22ClN/c1-10(2)13-9-11(8-12)6-4-3-5-7-11/h10,13H,3-9H2,1-2H3. The van der Waals surface area contributed by atoms with Gasteiger partial charge in [0, 0.05) is 18.5 Å². The normalized spacial score (nSPS) is 22.2. The van der Waals surface area contributed by atoms with Gasteiger partial charge in [0.25, 0.3) is 0 Å². The Morgan fingerprint density at radius 2 is 1.85 bits per heavy atom. The van der Waals surface area contributed by atoms with Crippen LogP contribution >= 0.6 is 11.6 Å². The maximum Gasteiger partial charge on any atom is 0.0292 e. The van der Waals surface area contributed by atoms with Crippen LogP contribution in [0, 0.1) is 5.41 Å². The zero-order valence-electron chi connectivity index (χ0n) is 8.91. The second kappa shape index (κ2) is 5.21. The molecule has 1 aliphatic rings. The van der Waals surface area contributed by atoms with Gasteiger partial charge in [0.05, 0.1) is 0 Å². The van der Waals surface area contributed by atoms with Crippen molar-refractivity contribution in [1.29, 1.82) is 0 Å². The van der Waals surface area contributed by atoms with Crippen molar-refractivity contribution in [3.63, 3.8) is 0 Å². The fourth-order valence-corrected chi connectivity index (χ4v) is 2.44. The molecule has 0 radical (unpaired) electrons. The molecular formula is C11H22ClN. The number of hydrogen-bond acceptors (Lipinski definition) is 1. The summed E-state index contributed by atoms with van der Waals surface area (Å²) in [4.78, 5) is 0. The summed E-state index contributed by atoms with van der Waals surface area (Å²) in [7, 11) is 0. The van der Waals surface area contributed by atoms with E-state index < -0.39 is 0 Å². The Bertz CT molecular complexity index is 139. The molecule has 1 rings (SSSR count). The number of nitrogens with one attached hydrogen (secondary N) is 1. The van der Waals surface area contributed by atoms with Gasteiger partial charge in [0.1, 0.15) is 0 Å². The van der Waals surface area contributed by atoms with Crippen LogP contribution in [0.3, 0.4) is 0 Å². The lowest BCUT2D eigenvalue weighted by molar-refractivity contribution is 0.207. The first-order valence-electron chi connectivity index (χ1n) is 5.48. The van der Waals surface area contributed by atoms with E-state index in [-0.39, 0.29) is 0 Å². The highest BCUT2D eigenvalue weighted by atomic mass is 35.5. The van der Waals surface area contributed by atoms with E-state index in [1.54, 1.807) is 0 Å². The topological polar surface area (TPSA) is 12.0 Å². The summed E-state index contributed by atoms with van der Waals surface area (Å²) in [6, 6.07) is 0.585. The van der Waals surface area contributed by atoms with Gasteiger partial charge in [0.2, 0.25) is 0 Å². The van der Waals surface area contributed by atoms with E-state index in [4.69, 9.17) is 11.6 Å². The van der Waals surface area contributed by atoms with E-state index in [2.05, 4.69) is 19.2 Å². The van der Waals surface area contributed by atoms with Gasteiger partial charge in [-0.1, -0.05) is 33.1 Å². The van der Waals surface area contributed by atoms with Gasteiger partial charge in [-0.25, -0.2) is 0 Å². The highest BCUT2D eigenvalue weighted by Crippen LogP contribution is 2.36. The second-order valence-electron chi connectivity index (χ2n) is 4.73. The van der Waals surface area contributed by atoms with Gasteiger partial charge in [-0.15, -0.1) is 11.6 Å². The monoisotopic (exact) mass is 203 g/mol. The van der Waals surface area contributed by atoms with Crippen LogP contribution in [-0.2, 0) is 0 Å². The highest BCUT2D eigenvalue weighted by molar-refractivity contribution is 6.18. The zero-order valence-corrected chi connectivity index (χ0v) is 9.66. The number of halogens is 1. The zero-order chi connectivity index (χ0) is 9.73. The fourth-order valence-electron chi connectivity index (χ4n) is 2.08. The SMILES string of the molecule is CC(C)NCC1(CCl)CCCCC1. The molecule has 0 heterocycles. The van der Waals surface area contributed by atoms with Crippen molar-refractivity contribution < 1.29 is 0 Å². The molecule has 0 saturated heterocycles. The molecule has 0 aromatic carbocycles. The first kappa shape index (κ1) is 11.3. The first-order valence-corrected chi connectivity index (χ1v) is 6.01. The van der Waals surface area contributed by atoms with E-state index in [0.29, 0.717) is 11.5 Å². The predicted octanol–water partition coefficient (Wildman–Crippen LogP) is 3.17. The predicted molar refractivity (Wildman–Crippen MR) is 59.4 cm³/mol. The van der Waals surface area contributed by atoms with Gasteiger partial charge in [0.15, 0.2) is 0 Å². The molecule has 0 unspecified atom stereocenters. The maximum absolute atomic E-state index is 6.08. The third-order valence-electron chi connectivity index (χ3n) is 3.08. The second-order valence-corrected chi connectivity index (χ2v) is 5.00. The van der Waals surface area contributed by atoms with Crippen LogP contribution in [0.15, 0.2) is 0 Å². The summed E-state index contributed by atoms with van der Waals surface area (Å²) in [5, 5.41) is 3.52. The summed E-state index contributed by atoms with van der Waals surface area (Å²) in [5.74, 6) is 0.826. The van der Waals surface area contributed by atoms with Crippen molar-refractivity contribution in [3.8, 4) is 0 Å². The number of hydrogen-bond donors (Lipinski definition) is 1. The lowest BCUT2D eigenvalue weighted by Gasteiger charge is -2.36. The molecular weight excluding hydrogens is 182 g/mol. The summed E-state index contributed by atoms with van der Waals surface area (Å²) >= 11 is 6.08. The summed E-state index contributed by atoms with van der Waals surface area (Å²) in [6.45, 7) is 5.50. The first-order chi connectivity index (χ1) is 6.18. The van der Waals surface area contributed by atoms with Gasteiger partial charge in [-0.05, 0) is 18.3 Å². The molecule has 78 valence electrons. The molecule has 2 heteroatoms. The van der Waals surface area contributed by atoms with E-state index in [0.717, 1.165) is 12.4 Å². The molecule has 1 aliphatic carbocycles. The lowest BCUT2D eigenvalue weighted by atomic mass is 9.75. The summed E-state index contributed by atoms with van der Waals surface area (Å²) in [6.07, 6.45) is 6.77. The van der Waals surface area contributed by atoms with Crippen LogP contribution < -0.4 is 5.32 Å². The van der Waals surface area contributed by atoms with Crippen LogP contribution in [0.4, 0.5) is 0 Å². The molecule has 0 aliphatic heterocycles. The minimum absolute atomic E-state index is 0.407. The molecule has 0 amide bonds. The number of alkyl halides is 1. The van der Waals surface area contributed by atoms with Crippen molar-refractivity contribution >= 4 is 11.6 Å². The maximum atomic E-state index is 6.08. The molecule has 0 bridgehead atoms. The Hall–Kier alpha value is 0.250. The Labute approximate surface area is 87.2 Å². The largest absolute Gasteiger partial charge is 0.314 e. The van der Waals surface area contributed by atoms with E-state index in [9.17, 15) is 0 Å². The van der Waals surface area contributed by atoms with Crippen LogP contribution in [0.5, 0.6) is 0 Å². The van der Waals surface area contributed by atoms with Crippen molar-refractivity contribution in [3.05, 3.63) is 0 Å². The fraction of sp³-hybridized carbons (Fsp3) is 1.00. The van der Waals surface area contributed by atoms with Crippen molar-refractivity contribution in [2.45, 2.75) is 52.0 Å². The van der Waals surface area contributed by atoms with Gasteiger partial charge >= 0.3 is 0 Å². The van der Waals surface area contributed by atoms with Crippen molar-refractivity contribution in [1.82, 2.24) is 5.32 Å². The minimum Gasteiger partial charge on any atom is -0.314 e. The minimum atomic E-state index is 0.407. The molecule has 0 aromatic rings. The molecule has 1 nitrogen and oxygen atoms in total. The quantitative estimate of drug-likeness (QED) is 0.693. The van der Waals surface area contributed by atoms with Crippen LogP contribution in [0.1, 0.15) is 46.0 Å². The van der Waals surface area contributed by atoms with Crippen LogP contribution in [-0.4, -0.2) is 18.5 Å². The Morgan fingerprint density at radius 1 is 1.23 bits per heavy atom.